The summed E-state index contributed by atoms with van der Waals surface area (Å²) in [6, 6.07) is 3.08. The zero-order chi connectivity index (χ0) is 15.1. The van der Waals surface area contributed by atoms with Crippen LogP contribution >= 0.6 is 15.9 Å². The molecule has 1 atom stereocenters. The lowest BCUT2D eigenvalue weighted by Crippen LogP contribution is -2.38. The molecule has 21 heavy (non-hydrogen) atoms. The molecule has 0 saturated carbocycles. The topological polar surface area (TPSA) is 77.2 Å². The number of hydrogen-bond acceptors (Lipinski definition) is 4. The van der Waals surface area contributed by atoms with Crippen LogP contribution in [0.2, 0.25) is 0 Å². The zero-order valence-corrected chi connectivity index (χ0v) is 13.4. The number of rotatable bonds is 2. The van der Waals surface area contributed by atoms with Gasteiger partial charge in [0.25, 0.3) is 0 Å². The predicted molar refractivity (Wildman–Crippen MR) is 81.9 cm³/mol. The van der Waals surface area contributed by atoms with Gasteiger partial charge in [-0.3, -0.25) is 0 Å². The van der Waals surface area contributed by atoms with Gasteiger partial charge in [0.2, 0.25) is 0 Å². The summed E-state index contributed by atoms with van der Waals surface area (Å²) in [5, 5.41) is 0. The van der Waals surface area contributed by atoms with Crippen molar-refractivity contribution in [1.29, 1.82) is 0 Å². The number of ether oxygens (including phenoxy) is 2. The monoisotopic (exact) mass is 353 g/mol. The van der Waals surface area contributed by atoms with E-state index in [-0.39, 0.29) is 18.1 Å². The number of hydrogen-bond donors (Lipinski definition) is 1. The molecular formula is C14H16BrN3O3. The maximum atomic E-state index is 12.0. The first-order valence-electron chi connectivity index (χ1n) is 6.74. The number of aliphatic imine (C=N–C) groups is 1. The van der Waals surface area contributed by atoms with Crippen molar-refractivity contribution in [3.8, 4) is 11.5 Å². The third-order valence-electron chi connectivity index (χ3n) is 3.50. The number of nitrogens with two attached hydrogens (primary N) is 1. The third-order valence-corrected chi connectivity index (χ3v) is 4.08. The second-order valence-corrected chi connectivity index (χ2v) is 6.10. The molecule has 7 heteroatoms. The normalized spacial score (nSPS) is 21.0. The fraction of sp³-hybridized carbons (Fsp3) is 0.429. The average molecular weight is 354 g/mol. The lowest BCUT2D eigenvalue weighted by atomic mass is 10.0. The van der Waals surface area contributed by atoms with Gasteiger partial charge in [0.1, 0.15) is 25.1 Å². The molecule has 0 radical (unpaired) electrons. The van der Waals surface area contributed by atoms with Gasteiger partial charge in [-0.2, -0.15) is 4.99 Å². The maximum Gasteiger partial charge on any atom is 0.346 e. The zero-order valence-electron chi connectivity index (χ0n) is 11.8. The van der Waals surface area contributed by atoms with E-state index >= 15 is 0 Å². The average Bonchev–Trinajstić information content (AvgIpc) is 2.73. The second kappa shape index (κ2) is 5.22. The summed E-state index contributed by atoms with van der Waals surface area (Å²) in [6.07, 6.45) is 0. The summed E-state index contributed by atoms with van der Waals surface area (Å²) in [5.74, 6) is 1.64. The summed E-state index contributed by atoms with van der Waals surface area (Å²) < 4.78 is 12.0. The van der Waals surface area contributed by atoms with Crippen molar-refractivity contribution in [2.24, 2.45) is 10.7 Å². The Balaban J connectivity index is 2.05. The van der Waals surface area contributed by atoms with Crippen LogP contribution < -0.4 is 15.2 Å². The van der Waals surface area contributed by atoms with E-state index in [1.165, 1.54) is 0 Å². The highest BCUT2D eigenvalue weighted by atomic mass is 79.9. The minimum Gasteiger partial charge on any atom is -0.486 e. The van der Waals surface area contributed by atoms with Crippen molar-refractivity contribution in [2.75, 3.05) is 13.2 Å². The first-order chi connectivity index (χ1) is 9.99. The lowest BCUT2D eigenvalue weighted by Gasteiger charge is -2.29. The number of benzene rings is 1. The molecule has 0 saturated heterocycles. The number of nitrogens with zero attached hydrogens (tertiary/aromatic N) is 2. The third kappa shape index (κ3) is 2.35. The fourth-order valence-electron chi connectivity index (χ4n) is 2.62. The number of amides is 2. The Kier molecular flexibility index (Phi) is 3.52. The van der Waals surface area contributed by atoms with Crippen molar-refractivity contribution in [2.45, 2.75) is 25.9 Å². The standard InChI is InChI=1S/C14H16BrN3O3/c1-7(2)18-11(13(16)17-14(18)19)8-5-9(15)12-10(6-8)20-3-4-21-12/h5-7,11H,3-4H2,1-2H3,(H2,16,17,19). The van der Waals surface area contributed by atoms with Gasteiger partial charge in [0.15, 0.2) is 11.5 Å². The van der Waals surface area contributed by atoms with Gasteiger partial charge in [-0.15, -0.1) is 0 Å². The van der Waals surface area contributed by atoms with Crippen molar-refractivity contribution in [1.82, 2.24) is 4.90 Å². The van der Waals surface area contributed by atoms with Crippen LogP contribution in [0, 0.1) is 0 Å². The highest BCUT2D eigenvalue weighted by Gasteiger charge is 2.37. The van der Waals surface area contributed by atoms with E-state index < -0.39 is 0 Å². The van der Waals surface area contributed by atoms with Gasteiger partial charge in [0, 0.05) is 6.04 Å². The van der Waals surface area contributed by atoms with Crippen LogP contribution in [-0.4, -0.2) is 36.0 Å². The molecular weight excluding hydrogens is 338 g/mol. The summed E-state index contributed by atoms with van der Waals surface area (Å²) in [5.41, 5.74) is 6.81. The fourth-order valence-corrected chi connectivity index (χ4v) is 3.20. The van der Waals surface area contributed by atoms with Gasteiger partial charge in [-0.25, -0.2) is 4.79 Å². The van der Waals surface area contributed by atoms with Crippen molar-refractivity contribution in [3.05, 3.63) is 22.2 Å². The Bertz CT molecular complexity index is 630. The predicted octanol–water partition coefficient (Wildman–Crippen LogP) is 2.46. The van der Waals surface area contributed by atoms with E-state index in [9.17, 15) is 4.79 Å². The minimum atomic E-state index is -0.371. The number of fused-ring (bicyclic) bond motifs is 1. The first-order valence-corrected chi connectivity index (χ1v) is 7.53. The van der Waals surface area contributed by atoms with Crippen LogP contribution in [0.25, 0.3) is 0 Å². The number of halogens is 1. The SMILES string of the molecule is CC(C)N1C(=O)N=C(N)C1c1cc(Br)c2c(c1)OCCO2. The minimum absolute atomic E-state index is 0.000670. The molecule has 3 rings (SSSR count). The Morgan fingerprint density at radius 2 is 2.10 bits per heavy atom. The van der Waals surface area contributed by atoms with E-state index in [0.29, 0.717) is 30.5 Å². The number of urea groups is 1. The van der Waals surface area contributed by atoms with Crippen molar-refractivity contribution >= 4 is 27.8 Å². The molecule has 1 unspecified atom stereocenters. The molecule has 0 fully saturated rings. The second-order valence-electron chi connectivity index (χ2n) is 5.25. The lowest BCUT2D eigenvalue weighted by molar-refractivity contribution is 0.169. The van der Waals surface area contributed by atoms with Crippen molar-refractivity contribution < 1.29 is 14.3 Å². The molecule has 2 heterocycles. The molecule has 1 aromatic rings. The molecule has 0 spiro atoms. The smallest absolute Gasteiger partial charge is 0.346 e. The molecule has 0 aliphatic carbocycles. The van der Waals surface area contributed by atoms with Crippen LogP contribution in [0.5, 0.6) is 11.5 Å². The Morgan fingerprint density at radius 3 is 2.81 bits per heavy atom. The molecule has 112 valence electrons. The first kappa shape index (κ1) is 14.2. The Labute approximate surface area is 131 Å². The molecule has 2 N–H and O–H groups in total. The molecule has 2 amide bonds. The van der Waals surface area contributed by atoms with Gasteiger partial charge >= 0.3 is 6.03 Å². The van der Waals surface area contributed by atoms with E-state index in [4.69, 9.17) is 15.2 Å². The van der Waals surface area contributed by atoms with Gasteiger partial charge in [0.05, 0.1) is 4.47 Å². The summed E-state index contributed by atoms with van der Waals surface area (Å²) in [6.45, 7) is 4.90. The van der Waals surface area contributed by atoms with Crippen LogP contribution in [0.15, 0.2) is 21.6 Å². The van der Waals surface area contributed by atoms with Crippen LogP contribution in [0.1, 0.15) is 25.5 Å². The quantitative estimate of drug-likeness (QED) is 0.885. The van der Waals surface area contributed by atoms with E-state index in [2.05, 4.69) is 20.9 Å². The maximum absolute atomic E-state index is 12.0. The van der Waals surface area contributed by atoms with Crippen molar-refractivity contribution in [3.63, 3.8) is 0 Å². The largest absolute Gasteiger partial charge is 0.486 e. The molecule has 2 aliphatic rings. The molecule has 2 aliphatic heterocycles. The Morgan fingerprint density at radius 1 is 1.38 bits per heavy atom. The van der Waals surface area contributed by atoms with E-state index in [1.807, 2.05) is 26.0 Å². The number of amidine groups is 1. The number of carbonyl (C=O) groups is 1. The molecule has 0 bridgehead atoms. The van der Waals surface area contributed by atoms with Gasteiger partial charge < -0.3 is 20.1 Å². The van der Waals surface area contributed by atoms with Crippen LogP contribution in [0.4, 0.5) is 4.79 Å². The van der Waals surface area contributed by atoms with Gasteiger partial charge in [-0.05, 0) is 47.5 Å². The Hall–Kier alpha value is -1.76. The van der Waals surface area contributed by atoms with E-state index in [0.717, 1.165) is 10.0 Å². The van der Waals surface area contributed by atoms with Crippen LogP contribution in [0.3, 0.4) is 0 Å². The highest BCUT2D eigenvalue weighted by Crippen LogP contribution is 2.41. The van der Waals surface area contributed by atoms with Gasteiger partial charge in [-0.1, -0.05) is 0 Å². The number of carbonyl (C=O) groups excluding carboxylic acids is 1. The summed E-state index contributed by atoms with van der Waals surface area (Å²) in [7, 11) is 0. The van der Waals surface area contributed by atoms with Crippen LogP contribution in [-0.2, 0) is 0 Å². The molecule has 6 nitrogen and oxygen atoms in total. The van der Waals surface area contributed by atoms with E-state index in [1.54, 1.807) is 4.90 Å². The molecule has 0 aromatic heterocycles. The highest BCUT2D eigenvalue weighted by molar-refractivity contribution is 9.10. The summed E-state index contributed by atoms with van der Waals surface area (Å²) >= 11 is 3.48. The molecule has 1 aromatic carbocycles. The summed E-state index contributed by atoms with van der Waals surface area (Å²) in [4.78, 5) is 17.5.